The molecule has 0 aromatic carbocycles. The third kappa shape index (κ3) is 2.37. The minimum atomic E-state index is -0.281. The lowest BCUT2D eigenvalue weighted by Gasteiger charge is -2.32. The van der Waals surface area contributed by atoms with Gasteiger partial charge in [0.15, 0.2) is 5.82 Å². The Kier molecular flexibility index (Phi) is 3.64. The van der Waals surface area contributed by atoms with E-state index in [1.807, 2.05) is 4.90 Å². The molecule has 0 unspecified atom stereocenters. The molecular formula is C12H17N3O3. The van der Waals surface area contributed by atoms with Crippen molar-refractivity contribution in [3.05, 3.63) is 16.7 Å². The standard InChI is InChI=1S/C12H17N3O3/c1-8(16)9-3-5-15(6-4-9)11-10(18-2)12(17)14-7-13-11/h7,9H,3-6H2,1-2H3,(H,13,14,17). The largest absolute Gasteiger partial charge is 0.489 e. The van der Waals surface area contributed by atoms with Gasteiger partial charge in [0.1, 0.15) is 5.78 Å². The summed E-state index contributed by atoms with van der Waals surface area (Å²) in [4.78, 5) is 31.5. The molecule has 18 heavy (non-hydrogen) atoms. The van der Waals surface area contributed by atoms with Crippen molar-refractivity contribution in [1.82, 2.24) is 9.97 Å². The molecule has 0 radical (unpaired) electrons. The highest BCUT2D eigenvalue weighted by molar-refractivity contribution is 5.78. The van der Waals surface area contributed by atoms with Crippen molar-refractivity contribution in [3.8, 4) is 5.75 Å². The van der Waals surface area contributed by atoms with Crippen LogP contribution in [0.2, 0.25) is 0 Å². The van der Waals surface area contributed by atoms with Gasteiger partial charge >= 0.3 is 0 Å². The molecule has 1 saturated heterocycles. The summed E-state index contributed by atoms with van der Waals surface area (Å²) < 4.78 is 5.09. The number of nitrogens with one attached hydrogen (secondary N) is 1. The molecule has 1 aromatic heterocycles. The first-order chi connectivity index (χ1) is 8.63. The fraction of sp³-hybridized carbons (Fsp3) is 0.583. The van der Waals surface area contributed by atoms with Crippen LogP contribution in [0.1, 0.15) is 19.8 Å². The number of hydrogen-bond donors (Lipinski definition) is 1. The fourth-order valence-electron chi connectivity index (χ4n) is 2.28. The van der Waals surface area contributed by atoms with Gasteiger partial charge in [-0.2, -0.15) is 0 Å². The van der Waals surface area contributed by atoms with E-state index in [1.54, 1.807) is 6.92 Å². The summed E-state index contributed by atoms with van der Waals surface area (Å²) in [6.07, 6.45) is 2.97. The maximum atomic E-state index is 11.6. The van der Waals surface area contributed by atoms with E-state index in [0.717, 1.165) is 25.9 Å². The molecule has 0 amide bonds. The first-order valence-corrected chi connectivity index (χ1v) is 6.00. The van der Waals surface area contributed by atoms with Crippen LogP contribution in [-0.2, 0) is 4.79 Å². The number of carbonyl (C=O) groups excluding carboxylic acids is 1. The quantitative estimate of drug-likeness (QED) is 0.850. The summed E-state index contributed by atoms with van der Waals surface area (Å²) in [5.74, 6) is 1.16. The number of piperidine rings is 1. The van der Waals surface area contributed by atoms with Gasteiger partial charge < -0.3 is 14.6 Å². The van der Waals surface area contributed by atoms with Crippen LogP contribution in [0.5, 0.6) is 5.75 Å². The number of hydrogen-bond acceptors (Lipinski definition) is 5. The first-order valence-electron chi connectivity index (χ1n) is 6.00. The molecule has 0 aliphatic carbocycles. The van der Waals surface area contributed by atoms with Crippen LogP contribution >= 0.6 is 0 Å². The van der Waals surface area contributed by atoms with Crippen molar-refractivity contribution in [1.29, 1.82) is 0 Å². The monoisotopic (exact) mass is 251 g/mol. The Morgan fingerprint density at radius 2 is 2.17 bits per heavy atom. The molecule has 0 spiro atoms. The van der Waals surface area contributed by atoms with E-state index >= 15 is 0 Å². The van der Waals surface area contributed by atoms with E-state index in [0.29, 0.717) is 5.82 Å². The van der Waals surface area contributed by atoms with Crippen LogP contribution in [0.15, 0.2) is 11.1 Å². The van der Waals surface area contributed by atoms with Crippen molar-refractivity contribution in [3.63, 3.8) is 0 Å². The van der Waals surface area contributed by atoms with E-state index in [-0.39, 0.29) is 23.0 Å². The molecule has 1 N–H and O–H groups in total. The highest BCUT2D eigenvalue weighted by Gasteiger charge is 2.25. The van der Waals surface area contributed by atoms with Gasteiger partial charge in [-0.15, -0.1) is 0 Å². The van der Waals surface area contributed by atoms with Crippen molar-refractivity contribution in [2.45, 2.75) is 19.8 Å². The predicted molar refractivity (Wildman–Crippen MR) is 67.0 cm³/mol. The normalized spacial score (nSPS) is 16.7. The predicted octanol–water partition coefficient (Wildman–Crippen LogP) is 0.584. The van der Waals surface area contributed by atoms with Gasteiger partial charge in [-0.1, -0.05) is 0 Å². The highest BCUT2D eigenvalue weighted by Crippen LogP contribution is 2.26. The van der Waals surface area contributed by atoms with E-state index < -0.39 is 0 Å². The molecule has 6 nitrogen and oxygen atoms in total. The SMILES string of the molecule is COc1c(N2CCC(C(C)=O)CC2)nc[nH]c1=O. The number of ketones is 1. The Morgan fingerprint density at radius 3 is 2.72 bits per heavy atom. The number of methoxy groups -OCH3 is 1. The number of H-pyrrole nitrogens is 1. The number of aromatic amines is 1. The molecule has 0 saturated carbocycles. The average Bonchev–Trinajstić information content (AvgIpc) is 2.38. The zero-order valence-electron chi connectivity index (χ0n) is 10.6. The summed E-state index contributed by atoms with van der Waals surface area (Å²) >= 11 is 0. The molecule has 1 aliphatic rings. The van der Waals surface area contributed by atoms with Gasteiger partial charge in [-0.3, -0.25) is 9.59 Å². The molecule has 6 heteroatoms. The van der Waals surface area contributed by atoms with Gasteiger partial charge in [-0.05, 0) is 19.8 Å². The molecule has 1 fully saturated rings. The van der Waals surface area contributed by atoms with Crippen LogP contribution in [0.4, 0.5) is 5.82 Å². The smallest absolute Gasteiger partial charge is 0.295 e. The molecule has 0 bridgehead atoms. The first kappa shape index (κ1) is 12.6. The number of rotatable bonds is 3. The zero-order chi connectivity index (χ0) is 13.1. The van der Waals surface area contributed by atoms with Gasteiger partial charge in [0.05, 0.1) is 13.4 Å². The minimum absolute atomic E-state index is 0.134. The molecule has 1 aromatic rings. The minimum Gasteiger partial charge on any atom is -0.489 e. The Labute approximate surface area is 105 Å². The van der Waals surface area contributed by atoms with Gasteiger partial charge in [0, 0.05) is 19.0 Å². The van der Waals surface area contributed by atoms with E-state index in [4.69, 9.17) is 4.74 Å². The zero-order valence-corrected chi connectivity index (χ0v) is 10.6. The number of Topliss-reactive ketones (excluding diaryl/α,β-unsaturated/α-hetero) is 1. The number of aromatic nitrogens is 2. The third-order valence-corrected chi connectivity index (χ3v) is 3.37. The second-order valence-corrected chi connectivity index (χ2v) is 4.46. The summed E-state index contributed by atoms with van der Waals surface area (Å²) in [6.45, 7) is 3.07. The van der Waals surface area contributed by atoms with Crippen molar-refractivity contribution < 1.29 is 9.53 Å². The molecule has 2 rings (SSSR count). The third-order valence-electron chi connectivity index (χ3n) is 3.37. The van der Waals surface area contributed by atoms with Gasteiger partial charge in [0.2, 0.25) is 5.75 Å². The van der Waals surface area contributed by atoms with Gasteiger partial charge in [0.25, 0.3) is 5.56 Å². The van der Waals surface area contributed by atoms with Crippen LogP contribution in [-0.4, -0.2) is 36.0 Å². The van der Waals surface area contributed by atoms with E-state index in [9.17, 15) is 9.59 Å². The highest BCUT2D eigenvalue weighted by atomic mass is 16.5. The molecule has 0 atom stereocenters. The van der Waals surface area contributed by atoms with Crippen LogP contribution in [0, 0.1) is 5.92 Å². The molecule has 2 heterocycles. The van der Waals surface area contributed by atoms with E-state index in [2.05, 4.69) is 9.97 Å². The maximum Gasteiger partial charge on any atom is 0.295 e. The lowest BCUT2D eigenvalue weighted by Crippen LogP contribution is -2.37. The fourth-order valence-corrected chi connectivity index (χ4v) is 2.28. The number of anilines is 1. The molecular weight excluding hydrogens is 234 g/mol. The van der Waals surface area contributed by atoms with Crippen molar-refractivity contribution in [2.24, 2.45) is 5.92 Å². The summed E-state index contributed by atoms with van der Waals surface area (Å²) in [5.41, 5.74) is -0.281. The lowest BCUT2D eigenvalue weighted by molar-refractivity contribution is -0.121. The van der Waals surface area contributed by atoms with Crippen LogP contribution in [0.25, 0.3) is 0 Å². The van der Waals surface area contributed by atoms with Crippen molar-refractivity contribution >= 4 is 11.6 Å². The summed E-state index contributed by atoms with van der Waals surface area (Å²) in [6, 6.07) is 0. The second kappa shape index (κ2) is 5.20. The van der Waals surface area contributed by atoms with Crippen molar-refractivity contribution in [2.75, 3.05) is 25.1 Å². The Bertz CT molecular complexity index is 490. The maximum absolute atomic E-state index is 11.6. The second-order valence-electron chi connectivity index (χ2n) is 4.46. The number of carbonyl (C=O) groups is 1. The molecule has 98 valence electrons. The van der Waals surface area contributed by atoms with Crippen LogP contribution in [0.3, 0.4) is 0 Å². The van der Waals surface area contributed by atoms with Gasteiger partial charge in [-0.25, -0.2) is 4.98 Å². The topological polar surface area (TPSA) is 75.3 Å². The summed E-state index contributed by atoms with van der Waals surface area (Å²) in [5, 5.41) is 0. The summed E-state index contributed by atoms with van der Waals surface area (Å²) in [7, 11) is 1.46. The lowest BCUT2D eigenvalue weighted by atomic mass is 9.93. The van der Waals surface area contributed by atoms with E-state index in [1.165, 1.54) is 13.4 Å². The van der Waals surface area contributed by atoms with Crippen LogP contribution < -0.4 is 15.2 Å². The Balaban J connectivity index is 2.17. The molecule has 1 aliphatic heterocycles. The number of ether oxygens (including phenoxy) is 1. The number of nitrogens with zero attached hydrogens (tertiary/aromatic N) is 2. The average molecular weight is 251 g/mol. The Morgan fingerprint density at radius 1 is 1.50 bits per heavy atom. The Hall–Kier alpha value is -1.85.